The van der Waals surface area contributed by atoms with Crippen molar-refractivity contribution in [3.63, 3.8) is 0 Å². The van der Waals surface area contributed by atoms with Crippen LogP contribution in [0.5, 0.6) is 5.75 Å². The van der Waals surface area contributed by atoms with Crippen molar-refractivity contribution in [2.24, 2.45) is 0 Å². The molecule has 0 bridgehead atoms. The SMILES string of the molecule is COc1ccc(CNc2nc(N3CCn4ccnc4C3)cnc2C(=O)NCc2ncccn2)cc1Cl. The normalized spacial score (nSPS) is 12.7. The number of hydrogen-bond donors (Lipinski definition) is 2. The van der Waals surface area contributed by atoms with E-state index in [1.54, 1.807) is 44.0 Å². The van der Waals surface area contributed by atoms with E-state index in [9.17, 15) is 4.79 Å². The number of methoxy groups -OCH3 is 1. The van der Waals surface area contributed by atoms with Crippen LogP contribution in [0.2, 0.25) is 5.02 Å². The molecule has 1 aliphatic rings. The Labute approximate surface area is 212 Å². The highest BCUT2D eigenvalue weighted by atomic mass is 35.5. The third-order valence-corrected chi connectivity index (χ3v) is 6.04. The fourth-order valence-electron chi connectivity index (χ4n) is 3.86. The van der Waals surface area contributed by atoms with E-state index in [0.29, 0.717) is 41.3 Å². The number of benzene rings is 1. The van der Waals surface area contributed by atoms with Crippen molar-refractivity contribution < 1.29 is 9.53 Å². The molecule has 5 rings (SSSR count). The molecule has 1 aromatic carbocycles. The smallest absolute Gasteiger partial charge is 0.274 e. The Morgan fingerprint density at radius 2 is 1.97 bits per heavy atom. The summed E-state index contributed by atoms with van der Waals surface area (Å²) in [5, 5.41) is 6.57. The lowest BCUT2D eigenvalue weighted by atomic mass is 10.2. The molecule has 0 aliphatic carbocycles. The van der Waals surface area contributed by atoms with Crippen LogP contribution >= 0.6 is 11.6 Å². The first-order valence-electron chi connectivity index (χ1n) is 11.3. The minimum absolute atomic E-state index is 0.172. The zero-order valence-electron chi connectivity index (χ0n) is 19.6. The standard InChI is InChI=1S/C24H24ClN9O2/c1-36-18-4-3-16(11-17(18)25)12-30-23-22(24(35)31-13-19-26-5-2-6-27-19)29-14-20(32-23)34-10-9-33-8-7-28-21(33)15-34/h2-8,11,14H,9-10,12-13,15H2,1H3,(H,30,32)(H,31,35). The number of anilines is 2. The Balaban J connectivity index is 1.38. The van der Waals surface area contributed by atoms with Crippen molar-refractivity contribution in [2.45, 2.75) is 26.2 Å². The average molecular weight is 506 g/mol. The van der Waals surface area contributed by atoms with Gasteiger partial charge in [-0.1, -0.05) is 17.7 Å². The molecule has 12 heteroatoms. The van der Waals surface area contributed by atoms with E-state index in [1.807, 2.05) is 18.3 Å². The minimum Gasteiger partial charge on any atom is -0.495 e. The third-order valence-electron chi connectivity index (χ3n) is 5.75. The van der Waals surface area contributed by atoms with Gasteiger partial charge in [0, 0.05) is 44.4 Å². The number of hydrogen-bond acceptors (Lipinski definition) is 9. The van der Waals surface area contributed by atoms with Gasteiger partial charge < -0.3 is 24.8 Å². The summed E-state index contributed by atoms with van der Waals surface area (Å²) in [5.74, 6) is 2.68. The first kappa shape index (κ1) is 23.5. The highest BCUT2D eigenvalue weighted by Crippen LogP contribution is 2.26. The molecule has 4 aromatic rings. The maximum absolute atomic E-state index is 13.0. The van der Waals surface area contributed by atoms with Crippen LogP contribution < -0.4 is 20.3 Å². The van der Waals surface area contributed by atoms with Crippen LogP contribution in [0.25, 0.3) is 0 Å². The molecule has 0 saturated carbocycles. The maximum atomic E-state index is 13.0. The van der Waals surface area contributed by atoms with E-state index in [4.69, 9.17) is 21.3 Å². The summed E-state index contributed by atoms with van der Waals surface area (Å²) >= 11 is 6.28. The molecule has 0 atom stereocenters. The van der Waals surface area contributed by atoms with Crippen molar-refractivity contribution in [3.8, 4) is 5.75 Å². The van der Waals surface area contributed by atoms with Gasteiger partial charge in [0.05, 0.1) is 31.4 Å². The predicted octanol–water partition coefficient (Wildman–Crippen LogP) is 2.69. The van der Waals surface area contributed by atoms with Crippen molar-refractivity contribution in [3.05, 3.63) is 83.2 Å². The van der Waals surface area contributed by atoms with E-state index in [-0.39, 0.29) is 18.1 Å². The number of amides is 1. The summed E-state index contributed by atoms with van der Waals surface area (Å²) in [6.45, 7) is 2.71. The van der Waals surface area contributed by atoms with Crippen molar-refractivity contribution in [1.29, 1.82) is 0 Å². The van der Waals surface area contributed by atoms with Crippen LogP contribution in [0.15, 0.2) is 55.2 Å². The van der Waals surface area contributed by atoms with E-state index in [2.05, 4.69) is 40.0 Å². The molecule has 36 heavy (non-hydrogen) atoms. The summed E-state index contributed by atoms with van der Waals surface area (Å²) in [6, 6.07) is 7.22. The first-order valence-corrected chi connectivity index (χ1v) is 11.7. The Morgan fingerprint density at radius 3 is 2.78 bits per heavy atom. The molecule has 4 heterocycles. The van der Waals surface area contributed by atoms with E-state index >= 15 is 0 Å². The minimum atomic E-state index is -0.383. The number of rotatable bonds is 8. The molecular formula is C24H24ClN9O2. The fraction of sp³-hybridized carbons (Fsp3) is 0.250. The number of aromatic nitrogens is 6. The number of carbonyl (C=O) groups is 1. The highest BCUT2D eigenvalue weighted by Gasteiger charge is 2.22. The number of nitrogens with one attached hydrogen (secondary N) is 2. The molecule has 3 aromatic heterocycles. The molecule has 0 radical (unpaired) electrons. The average Bonchev–Trinajstić information content (AvgIpc) is 3.39. The topological polar surface area (TPSA) is 123 Å². The summed E-state index contributed by atoms with van der Waals surface area (Å²) in [5.41, 5.74) is 1.07. The van der Waals surface area contributed by atoms with E-state index < -0.39 is 0 Å². The van der Waals surface area contributed by atoms with Crippen LogP contribution in [0, 0.1) is 0 Å². The fourth-order valence-corrected chi connectivity index (χ4v) is 4.14. The lowest BCUT2D eigenvalue weighted by Gasteiger charge is -2.28. The Hall–Kier alpha value is -4.25. The quantitative estimate of drug-likeness (QED) is 0.372. The van der Waals surface area contributed by atoms with Gasteiger partial charge in [0.25, 0.3) is 5.91 Å². The molecule has 0 spiro atoms. The molecule has 1 amide bonds. The lowest BCUT2D eigenvalue weighted by molar-refractivity contribution is 0.0945. The third kappa shape index (κ3) is 5.20. The molecular weight excluding hydrogens is 482 g/mol. The molecule has 0 fully saturated rings. The van der Waals surface area contributed by atoms with Gasteiger partial charge in [0.2, 0.25) is 0 Å². The number of carbonyl (C=O) groups excluding carboxylic acids is 1. The summed E-state index contributed by atoms with van der Waals surface area (Å²) in [7, 11) is 1.57. The molecule has 1 aliphatic heterocycles. The number of nitrogens with zero attached hydrogens (tertiary/aromatic N) is 7. The number of halogens is 1. The summed E-state index contributed by atoms with van der Waals surface area (Å²) < 4.78 is 7.34. The number of imidazole rings is 1. The van der Waals surface area contributed by atoms with E-state index in [1.165, 1.54) is 0 Å². The van der Waals surface area contributed by atoms with Crippen LogP contribution in [0.1, 0.15) is 27.7 Å². The monoisotopic (exact) mass is 505 g/mol. The van der Waals surface area contributed by atoms with Gasteiger partial charge in [-0.2, -0.15) is 0 Å². The van der Waals surface area contributed by atoms with Gasteiger partial charge in [-0.3, -0.25) is 4.79 Å². The van der Waals surface area contributed by atoms with Crippen molar-refractivity contribution in [1.82, 2.24) is 34.8 Å². The van der Waals surface area contributed by atoms with Gasteiger partial charge in [0.1, 0.15) is 23.2 Å². The Morgan fingerprint density at radius 1 is 1.11 bits per heavy atom. The van der Waals surface area contributed by atoms with E-state index in [0.717, 1.165) is 24.5 Å². The zero-order valence-corrected chi connectivity index (χ0v) is 20.3. The van der Waals surface area contributed by atoms with Crippen LogP contribution in [-0.2, 0) is 26.2 Å². The zero-order chi connectivity index (χ0) is 24.9. The van der Waals surface area contributed by atoms with Crippen LogP contribution in [0.3, 0.4) is 0 Å². The highest BCUT2D eigenvalue weighted by molar-refractivity contribution is 6.32. The van der Waals surface area contributed by atoms with Gasteiger partial charge in [0.15, 0.2) is 11.5 Å². The lowest BCUT2D eigenvalue weighted by Crippen LogP contribution is -2.34. The molecule has 184 valence electrons. The maximum Gasteiger partial charge on any atom is 0.274 e. The van der Waals surface area contributed by atoms with Gasteiger partial charge in [-0.25, -0.2) is 24.9 Å². The van der Waals surface area contributed by atoms with Gasteiger partial charge in [-0.05, 0) is 23.8 Å². The second-order valence-corrected chi connectivity index (χ2v) is 8.46. The number of ether oxygens (including phenoxy) is 1. The Kier molecular flexibility index (Phi) is 6.89. The van der Waals surface area contributed by atoms with Crippen molar-refractivity contribution in [2.75, 3.05) is 23.9 Å². The molecule has 11 nitrogen and oxygen atoms in total. The largest absolute Gasteiger partial charge is 0.495 e. The second-order valence-electron chi connectivity index (χ2n) is 8.05. The number of fused-ring (bicyclic) bond motifs is 1. The summed E-state index contributed by atoms with van der Waals surface area (Å²) in [6.07, 6.45) is 8.62. The summed E-state index contributed by atoms with van der Waals surface area (Å²) in [4.78, 5) is 37.0. The molecule has 0 unspecified atom stereocenters. The van der Waals surface area contributed by atoms with Gasteiger partial charge >= 0.3 is 0 Å². The molecule has 2 N–H and O–H groups in total. The van der Waals surface area contributed by atoms with Crippen LogP contribution in [-0.4, -0.2) is 49.0 Å². The Bertz CT molecular complexity index is 1360. The predicted molar refractivity (Wildman–Crippen MR) is 134 cm³/mol. The van der Waals surface area contributed by atoms with Crippen LogP contribution in [0.4, 0.5) is 11.6 Å². The molecule has 0 saturated heterocycles. The van der Waals surface area contributed by atoms with Gasteiger partial charge in [-0.15, -0.1) is 0 Å². The second kappa shape index (κ2) is 10.6. The first-order chi connectivity index (χ1) is 17.6. The van der Waals surface area contributed by atoms with Crippen molar-refractivity contribution >= 4 is 29.1 Å².